The van der Waals surface area contributed by atoms with E-state index in [1.54, 1.807) is 12.1 Å². The normalized spacial score (nSPS) is 13.8. The van der Waals surface area contributed by atoms with E-state index in [9.17, 15) is 14.0 Å². The molecule has 0 saturated carbocycles. The number of rotatable bonds is 5. The highest BCUT2D eigenvalue weighted by Gasteiger charge is 2.14. The minimum atomic E-state index is -0.395. The second-order valence-corrected chi connectivity index (χ2v) is 5.85. The summed E-state index contributed by atoms with van der Waals surface area (Å²) < 4.78 is 12.8. The molecule has 1 saturated heterocycles. The van der Waals surface area contributed by atoms with Crippen LogP contribution >= 0.6 is 0 Å². The molecule has 1 aliphatic heterocycles. The second-order valence-electron chi connectivity index (χ2n) is 5.85. The maximum absolute atomic E-state index is 12.8. The van der Waals surface area contributed by atoms with Gasteiger partial charge in [-0.3, -0.25) is 9.59 Å². The third kappa shape index (κ3) is 3.79. The number of carbonyl (C=O) groups excluding carboxylic acids is 2. The van der Waals surface area contributed by atoms with Crippen LogP contribution in [-0.2, 0) is 0 Å². The molecule has 5 heteroatoms. The Kier molecular flexibility index (Phi) is 4.89. The quantitative estimate of drug-likeness (QED) is 0.859. The van der Waals surface area contributed by atoms with Crippen LogP contribution in [0.25, 0.3) is 0 Å². The molecular formula is C19H19FN2O2. The number of nitrogens with one attached hydrogen (secondary N) is 1. The molecule has 24 heavy (non-hydrogen) atoms. The van der Waals surface area contributed by atoms with Crippen LogP contribution < -0.4 is 10.2 Å². The van der Waals surface area contributed by atoms with Gasteiger partial charge >= 0.3 is 0 Å². The van der Waals surface area contributed by atoms with Crippen LogP contribution in [0.15, 0.2) is 48.5 Å². The average Bonchev–Trinajstić information content (AvgIpc) is 3.15. The molecule has 1 amide bonds. The molecule has 1 N–H and O–H groups in total. The molecule has 0 aliphatic carbocycles. The van der Waals surface area contributed by atoms with Gasteiger partial charge in [0.05, 0.1) is 6.54 Å². The predicted octanol–water partition coefficient (Wildman–Crippen LogP) is 3.04. The van der Waals surface area contributed by atoms with E-state index >= 15 is 0 Å². The molecule has 1 heterocycles. The summed E-state index contributed by atoms with van der Waals surface area (Å²) in [6.45, 7) is 1.99. The summed E-state index contributed by atoms with van der Waals surface area (Å²) >= 11 is 0. The highest BCUT2D eigenvalue weighted by Crippen LogP contribution is 2.20. The van der Waals surface area contributed by atoms with Gasteiger partial charge in [-0.15, -0.1) is 0 Å². The van der Waals surface area contributed by atoms with Gasteiger partial charge in [0.15, 0.2) is 5.78 Å². The van der Waals surface area contributed by atoms with Crippen molar-refractivity contribution in [1.29, 1.82) is 0 Å². The molecule has 0 atom stereocenters. The third-order valence-electron chi connectivity index (χ3n) is 4.18. The monoisotopic (exact) mass is 326 g/mol. The summed E-state index contributed by atoms with van der Waals surface area (Å²) in [5.74, 6) is -0.941. The van der Waals surface area contributed by atoms with Gasteiger partial charge in [-0.05, 0) is 61.4 Å². The maximum atomic E-state index is 12.8. The molecule has 0 bridgehead atoms. The van der Waals surface area contributed by atoms with Gasteiger partial charge in [0.1, 0.15) is 5.82 Å². The smallest absolute Gasteiger partial charge is 0.251 e. The highest BCUT2D eigenvalue weighted by molar-refractivity contribution is 6.02. The van der Waals surface area contributed by atoms with E-state index in [0.717, 1.165) is 18.8 Å². The average molecular weight is 326 g/mol. The van der Waals surface area contributed by atoms with E-state index in [1.165, 1.54) is 37.1 Å². The summed E-state index contributed by atoms with van der Waals surface area (Å²) in [5, 5.41) is 2.60. The SMILES string of the molecule is O=C(CNC(=O)c1ccc(N2CCCC2)cc1)c1ccc(F)cc1. The van der Waals surface area contributed by atoms with Gasteiger partial charge in [-0.1, -0.05) is 0 Å². The molecule has 4 nitrogen and oxygen atoms in total. The zero-order valence-electron chi connectivity index (χ0n) is 13.3. The number of nitrogens with zero attached hydrogens (tertiary/aromatic N) is 1. The van der Waals surface area contributed by atoms with Gasteiger partial charge in [-0.2, -0.15) is 0 Å². The number of benzene rings is 2. The summed E-state index contributed by atoms with van der Waals surface area (Å²) in [5.41, 5.74) is 2.01. The number of halogens is 1. The third-order valence-corrected chi connectivity index (χ3v) is 4.18. The van der Waals surface area contributed by atoms with Crippen molar-refractivity contribution in [2.24, 2.45) is 0 Å². The maximum Gasteiger partial charge on any atom is 0.251 e. The Balaban J connectivity index is 1.56. The number of carbonyl (C=O) groups is 2. The van der Waals surface area contributed by atoms with Gasteiger partial charge in [0.25, 0.3) is 5.91 Å². The summed E-state index contributed by atoms with van der Waals surface area (Å²) in [6.07, 6.45) is 2.40. The van der Waals surface area contributed by atoms with Crippen molar-refractivity contribution in [3.63, 3.8) is 0 Å². The van der Waals surface area contributed by atoms with Gasteiger partial charge in [0, 0.05) is 29.9 Å². The van der Waals surface area contributed by atoms with Crippen molar-refractivity contribution >= 4 is 17.4 Å². The Morgan fingerprint density at radius 2 is 1.50 bits per heavy atom. The number of amides is 1. The van der Waals surface area contributed by atoms with Crippen molar-refractivity contribution in [2.75, 3.05) is 24.5 Å². The number of anilines is 1. The lowest BCUT2D eigenvalue weighted by atomic mass is 10.1. The lowest BCUT2D eigenvalue weighted by Crippen LogP contribution is -2.29. The van der Waals surface area contributed by atoms with Gasteiger partial charge in [-0.25, -0.2) is 4.39 Å². The second kappa shape index (κ2) is 7.25. The molecule has 0 aromatic heterocycles. The minimum Gasteiger partial charge on any atom is -0.372 e. The van der Waals surface area contributed by atoms with Gasteiger partial charge < -0.3 is 10.2 Å². The Labute approximate surface area is 140 Å². The van der Waals surface area contributed by atoms with Crippen molar-refractivity contribution < 1.29 is 14.0 Å². The molecule has 3 rings (SSSR count). The topological polar surface area (TPSA) is 49.4 Å². The summed E-state index contributed by atoms with van der Waals surface area (Å²) in [7, 11) is 0. The first-order valence-corrected chi connectivity index (χ1v) is 8.05. The van der Waals surface area contributed by atoms with Crippen LogP contribution in [0.3, 0.4) is 0 Å². The first-order valence-electron chi connectivity index (χ1n) is 8.05. The molecular weight excluding hydrogens is 307 g/mol. The van der Waals surface area contributed by atoms with E-state index in [-0.39, 0.29) is 18.2 Å². The van der Waals surface area contributed by atoms with Crippen molar-refractivity contribution in [1.82, 2.24) is 5.32 Å². The lowest BCUT2D eigenvalue weighted by Gasteiger charge is -2.17. The van der Waals surface area contributed by atoms with Gasteiger partial charge in [0.2, 0.25) is 0 Å². The molecule has 0 radical (unpaired) electrons. The van der Waals surface area contributed by atoms with Crippen molar-refractivity contribution in [2.45, 2.75) is 12.8 Å². The van der Waals surface area contributed by atoms with Crippen molar-refractivity contribution in [3.05, 3.63) is 65.5 Å². The van der Waals surface area contributed by atoms with Crippen LogP contribution in [0.1, 0.15) is 33.6 Å². The fourth-order valence-corrected chi connectivity index (χ4v) is 2.80. The fraction of sp³-hybridized carbons (Fsp3) is 0.263. The predicted molar refractivity (Wildman–Crippen MR) is 91.0 cm³/mol. The Morgan fingerprint density at radius 1 is 0.917 bits per heavy atom. The fourth-order valence-electron chi connectivity index (χ4n) is 2.80. The molecule has 1 fully saturated rings. The summed E-state index contributed by atoms with van der Waals surface area (Å²) in [4.78, 5) is 26.4. The number of hydrogen-bond donors (Lipinski definition) is 1. The van der Waals surface area contributed by atoms with Crippen LogP contribution in [0, 0.1) is 5.82 Å². The largest absolute Gasteiger partial charge is 0.372 e. The molecule has 0 unspecified atom stereocenters. The molecule has 2 aromatic rings. The number of Topliss-reactive ketones (excluding diaryl/α,β-unsaturated/α-hetero) is 1. The Morgan fingerprint density at radius 3 is 2.12 bits per heavy atom. The molecule has 0 spiro atoms. The van der Waals surface area contributed by atoms with Crippen LogP contribution in [-0.4, -0.2) is 31.3 Å². The first kappa shape index (κ1) is 16.2. The highest BCUT2D eigenvalue weighted by atomic mass is 19.1. The number of ketones is 1. The van der Waals surface area contributed by atoms with E-state index < -0.39 is 5.82 Å². The van der Waals surface area contributed by atoms with E-state index in [1.807, 2.05) is 12.1 Å². The first-order chi connectivity index (χ1) is 11.6. The summed E-state index contributed by atoms with van der Waals surface area (Å²) in [6, 6.07) is 12.7. The van der Waals surface area contributed by atoms with E-state index in [0.29, 0.717) is 11.1 Å². The standard InChI is InChI=1S/C19H19FN2O2/c20-16-7-3-14(4-8-16)18(23)13-21-19(24)15-5-9-17(10-6-15)22-11-1-2-12-22/h3-10H,1-2,11-13H2,(H,21,24). The zero-order valence-corrected chi connectivity index (χ0v) is 13.3. The van der Waals surface area contributed by atoms with Crippen LogP contribution in [0.4, 0.5) is 10.1 Å². The Hall–Kier alpha value is -2.69. The molecule has 1 aliphatic rings. The minimum absolute atomic E-state index is 0.113. The number of hydrogen-bond acceptors (Lipinski definition) is 3. The lowest BCUT2D eigenvalue weighted by molar-refractivity contribution is 0.0904. The van der Waals surface area contributed by atoms with Crippen molar-refractivity contribution in [3.8, 4) is 0 Å². The molecule has 2 aromatic carbocycles. The van der Waals surface area contributed by atoms with Crippen LogP contribution in [0.2, 0.25) is 0 Å². The molecule has 124 valence electrons. The van der Waals surface area contributed by atoms with Crippen LogP contribution in [0.5, 0.6) is 0 Å². The Bertz CT molecular complexity index is 720. The van der Waals surface area contributed by atoms with E-state index in [2.05, 4.69) is 10.2 Å². The van der Waals surface area contributed by atoms with E-state index in [4.69, 9.17) is 0 Å². The zero-order chi connectivity index (χ0) is 16.9.